The lowest BCUT2D eigenvalue weighted by molar-refractivity contribution is -0.137. The van der Waals surface area contributed by atoms with Gasteiger partial charge in [0.25, 0.3) is 5.91 Å². The zero-order valence-corrected chi connectivity index (χ0v) is 21.0. The highest BCUT2D eigenvalue weighted by atomic mass is 19.4. The van der Waals surface area contributed by atoms with Gasteiger partial charge in [0.1, 0.15) is 0 Å². The van der Waals surface area contributed by atoms with Gasteiger partial charge in [-0.3, -0.25) is 9.59 Å². The minimum atomic E-state index is -4.51. The van der Waals surface area contributed by atoms with Crippen LogP contribution < -0.4 is 16.0 Å². The molecule has 4 heterocycles. The van der Waals surface area contributed by atoms with Crippen molar-refractivity contribution < 1.29 is 32.2 Å². The first-order valence-corrected chi connectivity index (χ1v) is 12.4. The van der Waals surface area contributed by atoms with Crippen LogP contribution in [0.3, 0.4) is 0 Å². The van der Waals surface area contributed by atoms with Crippen molar-refractivity contribution >= 4 is 18.0 Å². The van der Waals surface area contributed by atoms with Gasteiger partial charge < -0.3 is 30.3 Å². The lowest BCUT2D eigenvalue weighted by Gasteiger charge is -2.28. The number of anilines is 1. The Morgan fingerprint density at radius 1 is 1.19 bits per heavy atom. The largest absolute Gasteiger partial charge is 0.417 e. The lowest BCUT2D eigenvalue weighted by atomic mass is 10.1. The second kappa shape index (κ2) is 15.6. The van der Waals surface area contributed by atoms with E-state index in [0.717, 1.165) is 25.6 Å². The van der Waals surface area contributed by atoms with Gasteiger partial charge >= 0.3 is 6.18 Å². The molecular formula is C24H38F3N5O4. The molecule has 4 rings (SSSR count). The molecular weight excluding hydrogens is 479 g/mol. The Morgan fingerprint density at radius 3 is 2.28 bits per heavy atom. The highest BCUT2D eigenvalue weighted by Gasteiger charge is 2.33. The Hall–Kier alpha value is -2.44. The van der Waals surface area contributed by atoms with Crippen LogP contribution >= 0.6 is 0 Å². The van der Waals surface area contributed by atoms with E-state index in [4.69, 9.17) is 9.47 Å². The Labute approximate surface area is 210 Å². The fourth-order valence-electron chi connectivity index (χ4n) is 3.31. The third kappa shape index (κ3) is 11.1. The molecule has 0 unspecified atom stereocenters. The van der Waals surface area contributed by atoms with E-state index in [9.17, 15) is 22.8 Å². The number of halogens is 3. The summed E-state index contributed by atoms with van der Waals surface area (Å²) in [6, 6.07) is 0.803. The van der Waals surface area contributed by atoms with Crippen LogP contribution in [0.15, 0.2) is 12.3 Å². The Kier molecular flexibility index (Phi) is 12.9. The zero-order chi connectivity index (χ0) is 26.4. The molecule has 3 N–H and O–H groups in total. The molecule has 3 fully saturated rings. The maximum Gasteiger partial charge on any atom is 0.417 e. The van der Waals surface area contributed by atoms with Crippen LogP contribution in [0.1, 0.15) is 49.2 Å². The number of nitrogens with one attached hydrogen (secondary N) is 3. The van der Waals surface area contributed by atoms with Crippen molar-refractivity contribution in [3.05, 3.63) is 23.5 Å². The summed E-state index contributed by atoms with van der Waals surface area (Å²) in [6.07, 6.45) is 1.24. The van der Waals surface area contributed by atoms with E-state index in [1.165, 1.54) is 32.4 Å². The van der Waals surface area contributed by atoms with Gasteiger partial charge in [0.2, 0.25) is 6.41 Å². The van der Waals surface area contributed by atoms with E-state index in [2.05, 4.69) is 20.9 Å². The minimum absolute atomic E-state index is 0.0412. The lowest BCUT2D eigenvalue weighted by Crippen LogP contribution is -2.41. The maximum atomic E-state index is 12.8. The van der Waals surface area contributed by atoms with Crippen LogP contribution in [0, 0.1) is 5.92 Å². The zero-order valence-electron chi connectivity index (χ0n) is 21.0. The SMILES string of the molecule is C1CCNCC1.CC(C)CNC(=O)c1ncc(C(F)(F)F)cc1NC1COC1.O=CN1CCOCC1. The molecule has 3 saturated heterocycles. The van der Waals surface area contributed by atoms with Crippen LogP contribution in [0.5, 0.6) is 0 Å². The molecule has 0 bridgehead atoms. The molecule has 1 aromatic rings. The number of hydrogen-bond acceptors (Lipinski definition) is 7. The molecule has 0 saturated carbocycles. The minimum Gasteiger partial charge on any atom is -0.378 e. The van der Waals surface area contributed by atoms with Crippen LogP contribution in [-0.2, 0) is 20.4 Å². The Morgan fingerprint density at radius 2 is 1.86 bits per heavy atom. The fourth-order valence-corrected chi connectivity index (χ4v) is 3.31. The normalized spacial score (nSPS) is 18.1. The van der Waals surface area contributed by atoms with Gasteiger partial charge in [-0.2, -0.15) is 13.2 Å². The Balaban J connectivity index is 0.000000263. The molecule has 2 amide bonds. The van der Waals surface area contributed by atoms with Crippen molar-refractivity contribution in [2.24, 2.45) is 5.92 Å². The molecule has 1 aromatic heterocycles. The monoisotopic (exact) mass is 517 g/mol. The van der Waals surface area contributed by atoms with Crippen molar-refractivity contribution in [3.8, 4) is 0 Å². The van der Waals surface area contributed by atoms with Crippen LogP contribution in [0.2, 0.25) is 0 Å². The molecule has 9 nitrogen and oxygen atoms in total. The molecule has 3 aliphatic rings. The molecule has 0 radical (unpaired) electrons. The van der Waals surface area contributed by atoms with Gasteiger partial charge in [-0.1, -0.05) is 20.3 Å². The highest BCUT2D eigenvalue weighted by Crippen LogP contribution is 2.31. The molecule has 0 aliphatic carbocycles. The van der Waals surface area contributed by atoms with E-state index < -0.39 is 17.6 Å². The van der Waals surface area contributed by atoms with Gasteiger partial charge in [0, 0.05) is 25.8 Å². The third-order valence-corrected chi connectivity index (χ3v) is 5.50. The van der Waals surface area contributed by atoms with Crippen molar-refractivity contribution in [1.82, 2.24) is 20.5 Å². The number of pyridine rings is 1. The summed E-state index contributed by atoms with van der Waals surface area (Å²) in [5.74, 6) is -0.264. The Bertz CT molecular complexity index is 785. The van der Waals surface area contributed by atoms with E-state index >= 15 is 0 Å². The number of piperidine rings is 1. The number of rotatable bonds is 6. The summed E-state index contributed by atoms with van der Waals surface area (Å²) in [5.41, 5.74) is -0.861. The quantitative estimate of drug-likeness (QED) is 0.498. The summed E-state index contributed by atoms with van der Waals surface area (Å²) in [4.78, 5) is 27.5. The molecule has 0 aromatic carbocycles. The van der Waals surface area contributed by atoms with E-state index in [1.54, 1.807) is 4.90 Å². The van der Waals surface area contributed by atoms with Gasteiger partial charge in [0.05, 0.1) is 43.7 Å². The predicted octanol–water partition coefficient (Wildman–Crippen LogP) is 2.53. The molecule has 0 atom stereocenters. The number of alkyl halides is 3. The number of carbonyl (C=O) groups excluding carboxylic acids is 2. The van der Waals surface area contributed by atoms with Crippen LogP contribution in [-0.4, -0.2) is 87.4 Å². The standard InChI is InChI=1S/C14H18F3N3O2.C5H9NO2.C5H11N/c1-8(2)4-19-13(21)12-11(20-10-6-22-7-10)3-9(5-18-12)14(15,16)17;7-5-6-1-3-8-4-2-6;1-2-4-6-5-3-1/h3,5,8,10,20H,4,6-7H2,1-2H3,(H,19,21);5H,1-4H2;6H,1-5H2. The highest BCUT2D eigenvalue weighted by molar-refractivity contribution is 5.97. The summed E-state index contributed by atoms with van der Waals surface area (Å²) in [6.45, 7) is 10.4. The van der Waals surface area contributed by atoms with Gasteiger partial charge in [-0.25, -0.2) is 4.98 Å². The van der Waals surface area contributed by atoms with Crippen molar-refractivity contribution in [1.29, 1.82) is 0 Å². The van der Waals surface area contributed by atoms with Gasteiger partial charge in [-0.15, -0.1) is 0 Å². The molecule has 0 spiro atoms. The second-order valence-corrected chi connectivity index (χ2v) is 9.16. The number of amides is 2. The molecule has 204 valence electrons. The van der Waals surface area contributed by atoms with Gasteiger partial charge in [0.15, 0.2) is 5.69 Å². The first kappa shape index (κ1) is 29.8. The van der Waals surface area contributed by atoms with Crippen LogP contribution in [0.4, 0.5) is 18.9 Å². The van der Waals surface area contributed by atoms with Crippen molar-refractivity contribution in [2.45, 2.75) is 45.3 Å². The van der Waals surface area contributed by atoms with Crippen molar-refractivity contribution in [3.63, 3.8) is 0 Å². The summed E-state index contributed by atoms with van der Waals surface area (Å²) in [7, 11) is 0. The van der Waals surface area contributed by atoms with E-state index in [-0.39, 0.29) is 23.3 Å². The van der Waals surface area contributed by atoms with E-state index in [0.29, 0.717) is 39.2 Å². The number of morpholine rings is 1. The molecule has 36 heavy (non-hydrogen) atoms. The first-order chi connectivity index (χ1) is 17.2. The number of aromatic nitrogens is 1. The first-order valence-electron chi connectivity index (χ1n) is 12.4. The summed E-state index contributed by atoms with van der Waals surface area (Å²) in [5, 5.41) is 8.82. The summed E-state index contributed by atoms with van der Waals surface area (Å²) >= 11 is 0. The average molecular weight is 518 g/mol. The average Bonchev–Trinajstić information content (AvgIpc) is 2.86. The summed E-state index contributed by atoms with van der Waals surface area (Å²) < 4.78 is 48.4. The number of nitrogens with zero attached hydrogens (tertiary/aromatic N) is 2. The predicted molar refractivity (Wildman–Crippen MR) is 130 cm³/mol. The molecule has 12 heteroatoms. The third-order valence-electron chi connectivity index (χ3n) is 5.50. The molecule has 3 aliphatic heterocycles. The van der Waals surface area contributed by atoms with Crippen LogP contribution in [0.25, 0.3) is 0 Å². The smallest absolute Gasteiger partial charge is 0.378 e. The van der Waals surface area contributed by atoms with Crippen molar-refractivity contribution in [2.75, 3.05) is 64.5 Å². The maximum absolute atomic E-state index is 12.8. The topological polar surface area (TPSA) is 105 Å². The van der Waals surface area contributed by atoms with E-state index in [1.807, 2.05) is 13.8 Å². The fraction of sp³-hybridized carbons (Fsp3) is 0.708. The number of hydrogen-bond donors (Lipinski definition) is 3. The van der Waals surface area contributed by atoms with Gasteiger partial charge in [-0.05, 0) is 37.9 Å². The second-order valence-electron chi connectivity index (χ2n) is 9.16. The number of ether oxygens (including phenoxy) is 2. The number of carbonyl (C=O) groups is 2.